The molecule has 1 heterocycles. The number of fused-ring (bicyclic) bond motifs is 1. The molecule has 0 saturated carbocycles. The van der Waals surface area contributed by atoms with Gasteiger partial charge < -0.3 is 9.74 Å². The standard InChI is InChI=1S/C18H28BrNO2Si/c1-17(2,3)23(6,7)22-15(19)11-12-8-9-13-14(10-12)20-16(21)18(13,4)5/h8-10,15H,11H2,1-7H3,(H,20,21). The van der Waals surface area contributed by atoms with E-state index in [9.17, 15) is 4.79 Å². The van der Waals surface area contributed by atoms with Gasteiger partial charge in [0.1, 0.15) is 5.01 Å². The molecular weight excluding hydrogens is 370 g/mol. The van der Waals surface area contributed by atoms with Crippen molar-refractivity contribution in [1.29, 1.82) is 0 Å². The molecule has 0 radical (unpaired) electrons. The summed E-state index contributed by atoms with van der Waals surface area (Å²) in [6.45, 7) is 15.2. The maximum atomic E-state index is 12.0. The lowest BCUT2D eigenvalue weighted by Gasteiger charge is -2.38. The number of benzene rings is 1. The predicted molar refractivity (Wildman–Crippen MR) is 103 cm³/mol. The number of rotatable bonds is 4. The average Bonchev–Trinajstić information content (AvgIpc) is 2.57. The van der Waals surface area contributed by atoms with E-state index in [2.05, 4.69) is 73.3 Å². The first-order valence-electron chi connectivity index (χ1n) is 8.11. The Balaban J connectivity index is 2.11. The minimum absolute atomic E-state index is 0.00782. The smallest absolute Gasteiger partial charge is 0.234 e. The van der Waals surface area contributed by atoms with Gasteiger partial charge in [-0.3, -0.25) is 4.79 Å². The number of amides is 1. The van der Waals surface area contributed by atoms with Gasteiger partial charge in [0.25, 0.3) is 0 Å². The maximum Gasteiger partial charge on any atom is 0.234 e. The first kappa shape index (κ1) is 18.7. The summed E-state index contributed by atoms with van der Waals surface area (Å²) in [4.78, 5) is 12.0. The fraction of sp³-hybridized carbons (Fsp3) is 0.611. The molecule has 0 saturated heterocycles. The first-order valence-corrected chi connectivity index (χ1v) is 11.9. The number of alkyl halides is 1. The SMILES string of the molecule is CC1(C)C(=O)Nc2cc(CC(Br)O[Si](C)(C)C(C)(C)C)ccc21. The van der Waals surface area contributed by atoms with Crippen molar-refractivity contribution in [2.24, 2.45) is 0 Å². The number of halogens is 1. The Morgan fingerprint density at radius 2 is 1.91 bits per heavy atom. The van der Waals surface area contributed by atoms with Crippen LogP contribution in [0.15, 0.2) is 18.2 Å². The number of nitrogens with one attached hydrogen (secondary N) is 1. The Kier molecular flexibility index (Phi) is 4.88. The summed E-state index contributed by atoms with van der Waals surface area (Å²) in [5, 5.41) is 3.17. The summed E-state index contributed by atoms with van der Waals surface area (Å²) < 4.78 is 6.36. The van der Waals surface area contributed by atoms with Gasteiger partial charge in [0.2, 0.25) is 5.91 Å². The van der Waals surface area contributed by atoms with Crippen molar-refractivity contribution in [3.63, 3.8) is 0 Å². The van der Waals surface area contributed by atoms with Gasteiger partial charge in [0.15, 0.2) is 8.32 Å². The molecule has 23 heavy (non-hydrogen) atoms. The topological polar surface area (TPSA) is 38.3 Å². The van der Waals surface area contributed by atoms with Gasteiger partial charge in [0, 0.05) is 12.1 Å². The Labute approximate surface area is 149 Å². The monoisotopic (exact) mass is 397 g/mol. The van der Waals surface area contributed by atoms with Crippen molar-refractivity contribution in [1.82, 2.24) is 0 Å². The van der Waals surface area contributed by atoms with Crippen LogP contribution in [-0.4, -0.2) is 19.2 Å². The summed E-state index contributed by atoms with van der Waals surface area (Å²) in [7, 11) is -1.79. The van der Waals surface area contributed by atoms with Gasteiger partial charge >= 0.3 is 0 Å². The lowest BCUT2D eigenvalue weighted by molar-refractivity contribution is -0.119. The molecule has 0 fully saturated rings. The van der Waals surface area contributed by atoms with Crippen LogP contribution in [0.1, 0.15) is 45.7 Å². The number of hydrogen-bond acceptors (Lipinski definition) is 2. The molecule has 0 spiro atoms. The van der Waals surface area contributed by atoms with Crippen LogP contribution in [0.25, 0.3) is 0 Å². The third-order valence-electron chi connectivity index (χ3n) is 5.20. The molecule has 0 aliphatic carbocycles. The van der Waals surface area contributed by atoms with E-state index in [4.69, 9.17) is 4.43 Å². The number of carbonyl (C=O) groups excluding carboxylic acids is 1. The van der Waals surface area contributed by atoms with E-state index in [-0.39, 0.29) is 16.0 Å². The van der Waals surface area contributed by atoms with Crippen LogP contribution in [0.5, 0.6) is 0 Å². The Bertz CT molecular complexity index is 620. The molecule has 0 aromatic heterocycles. The number of hydrogen-bond donors (Lipinski definition) is 1. The molecule has 1 atom stereocenters. The average molecular weight is 398 g/mol. The second kappa shape index (κ2) is 6.01. The maximum absolute atomic E-state index is 12.0. The van der Waals surface area contributed by atoms with E-state index in [1.165, 1.54) is 5.56 Å². The van der Waals surface area contributed by atoms with Gasteiger partial charge in [-0.1, -0.05) is 48.8 Å². The molecule has 1 unspecified atom stereocenters. The molecule has 1 amide bonds. The summed E-state index contributed by atoms with van der Waals surface area (Å²) in [5.74, 6) is 0.0672. The van der Waals surface area contributed by atoms with E-state index >= 15 is 0 Å². The van der Waals surface area contributed by atoms with E-state index < -0.39 is 13.7 Å². The van der Waals surface area contributed by atoms with Crippen molar-refractivity contribution in [2.75, 3.05) is 5.32 Å². The van der Waals surface area contributed by atoms with Gasteiger partial charge in [0.05, 0.1) is 5.41 Å². The molecular formula is C18H28BrNO2Si. The summed E-state index contributed by atoms with van der Waals surface area (Å²) in [6, 6.07) is 6.24. The molecule has 3 nitrogen and oxygen atoms in total. The lowest BCUT2D eigenvalue weighted by atomic mass is 9.86. The van der Waals surface area contributed by atoms with Crippen LogP contribution in [0.2, 0.25) is 18.1 Å². The van der Waals surface area contributed by atoms with E-state index in [0.29, 0.717) is 0 Å². The zero-order valence-electron chi connectivity index (χ0n) is 15.2. The third-order valence-corrected chi connectivity index (χ3v) is 10.5. The first-order chi connectivity index (χ1) is 10.3. The Hall–Kier alpha value is -0.653. The normalized spacial score (nSPS) is 18.5. The van der Waals surface area contributed by atoms with Gasteiger partial charge in [-0.25, -0.2) is 0 Å². The highest BCUT2D eigenvalue weighted by atomic mass is 79.9. The molecule has 128 valence electrons. The molecule has 1 aliphatic heterocycles. The van der Waals surface area contributed by atoms with Crippen molar-refractivity contribution in [3.8, 4) is 0 Å². The van der Waals surface area contributed by atoms with Gasteiger partial charge in [-0.2, -0.15) is 0 Å². The fourth-order valence-electron chi connectivity index (χ4n) is 2.49. The zero-order valence-corrected chi connectivity index (χ0v) is 17.8. The highest BCUT2D eigenvalue weighted by Gasteiger charge is 2.40. The van der Waals surface area contributed by atoms with Gasteiger partial charge in [-0.15, -0.1) is 0 Å². The molecule has 1 aromatic carbocycles. The summed E-state index contributed by atoms with van der Waals surface area (Å²) >= 11 is 3.68. The highest BCUT2D eigenvalue weighted by Crippen LogP contribution is 2.40. The van der Waals surface area contributed by atoms with Crippen molar-refractivity contribution >= 4 is 35.8 Å². The van der Waals surface area contributed by atoms with Crippen LogP contribution < -0.4 is 5.32 Å². The minimum Gasteiger partial charge on any atom is -0.404 e. The second-order valence-electron chi connectivity index (χ2n) is 8.45. The van der Waals surface area contributed by atoms with Crippen LogP contribution in [-0.2, 0) is 21.1 Å². The largest absolute Gasteiger partial charge is 0.404 e. The van der Waals surface area contributed by atoms with E-state index in [1.54, 1.807) is 0 Å². The van der Waals surface area contributed by atoms with Crippen LogP contribution in [0, 0.1) is 0 Å². The molecule has 5 heteroatoms. The molecule has 1 aromatic rings. The third kappa shape index (κ3) is 3.72. The molecule has 1 aliphatic rings. The molecule has 1 N–H and O–H groups in total. The minimum atomic E-state index is -1.79. The molecule has 2 rings (SSSR count). The van der Waals surface area contributed by atoms with Crippen molar-refractivity contribution in [2.45, 2.75) is 69.6 Å². The van der Waals surface area contributed by atoms with Gasteiger partial charge in [-0.05, 0) is 49.2 Å². The van der Waals surface area contributed by atoms with E-state index in [0.717, 1.165) is 17.7 Å². The quantitative estimate of drug-likeness (QED) is 0.559. The Morgan fingerprint density at radius 3 is 2.48 bits per heavy atom. The van der Waals surface area contributed by atoms with E-state index in [1.807, 2.05) is 13.8 Å². The molecule has 0 bridgehead atoms. The predicted octanol–water partition coefficient (Wildman–Crippen LogP) is 5.20. The number of anilines is 1. The lowest BCUT2D eigenvalue weighted by Crippen LogP contribution is -2.43. The second-order valence-corrected chi connectivity index (χ2v) is 14.2. The summed E-state index contributed by atoms with van der Waals surface area (Å²) in [5.41, 5.74) is 2.73. The highest BCUT2D eigenvalue weighted by molar-refractivity contribution is 9.09. The number of carbonyl (C=O) groups is 1. The summed E-state index contributed by atoms with van der Waals surface area (Å²) in [6.07, 6.45) is 0.788. The van der Waals surface area contributed by atoms with Crippen LogP contribution in [0.3, 0.4) is 0 Å². The van der Waals surface area contributed by atoms with Crippen molar-refractivity contribution < 1.29 is 9.22 Å². The van der Waals surface area contributed by atoms with Crippen molar-refractivity contribution in [3.05, 3.63) is 29.3 Å². The van der Waals surface area contributed by atoms with Crippen LogP contribution >= 0.6 is 15.9 Å². The van der Waals surface area contributed by atoms with Crippen LogP contribution in [0.4, 0.5) is 5.69 Å². The Morgan fingerprint density at radius 1 is 1.30 bits per heavy atom. The zero-order chi connectivity index (χ0) is 17.6. The fourth-order valence-corrected chi connectivity index (χ4v) is 5.34.